The van der Waals surface area contributed by atoms with Crippen LogP contribution in [0.25, 0.3) is 0 Å². The Labute approximate surface area is 113 Å². The van der Waals surface area contributed by atoms with Crippen LogP contribution in [0.3, 0.4) is 0 Å². The van der Waals surface area contributed by atoms with Crippen molar-refractivity contribution in [3.63, 3.8) is 0 Å². The Morgan fingerprint density at radius 2 is 1.70 bits per heavy atom. The number of anilines is 1. The molecule has 0 heterocycles. The molecule has 2 aromatic carbocycles. The first-order valence-electron chi connectivity index (χ1n) is 5.61. The molecule has 0 aliphatic carbocycles. The fourth-order valence-corrected chi connectivity index (χ4v) is 1.63. The Kier molecular flexibility index (Phi) is 3.93. The Balaban J connectivity index is 2.30. The number of rotatable bonds is 3. The molecule has 0 aliphatic heterocycles. The van der Waals surface area contributed by atoms with Crippen LogP contribution in [0.5, 0.6) is 5.75 Å². The maximum atomic E-state index is 13.5. The van der Waals surface area contributed by atoms with Gasteiger partial charge >= 0.3 is 0 Å². The second-order valence-electron chi connectivity index (χ2n) is 3.92. The largest absolute Gasteiger partial charge is 0.494 e. The van der Waals surface area contributed by atoms with Crippen molar-refractivity contribution in [2.24, 2.45) is 0 Å². The highest BCUT2D eigenvalue weighted by Crippen LogP contribution is 2.25. The van der Waals surface area contributed by atoms with E-state index in [0.717, 1.165) is 30.3 Å². The van der Waals surface area contributed by atoms with Gasteiger partial charge in [-0.15, -0.1) is 0 Å². The number of carbonyl (C=O) groups is 1. The van der Waals surface area contributed by atoms with Gasteiger partial charge in [-0.1, -0.05) is 0 Å². The van der Waals surface area contributed by atoms with E-state index in [2.05, 4.69) is 5.32 Å². The number of amides is 1. The predicted molar refractivity (Wildman–Crippen MR) is 67.3 cm³/mol. The standard InChI is InChI=1S/C14H10F3NO2/c1-20-13-7-9(16)3-5-12(13)18-14(19)10-6-8(15)2-4-11(10)17/h2-7H,1H3,(H,18,19). The molecule has 104 valence electrons. The van der Waals surface area contributed by atoms with Crippen LogP contribution < -0.4 is 10.1 Å². The molecule has 0 spiro atoms. The molecule has 0 aliphatic rings. The maximum Gasteiger partial charge on any atom is 0.258 e. The second-order valence-corrected chi connectivity index (χ2v) is 3.92. The normalized spacial score (nSPS) is 10.2. The summed E-state index contributed by atoms with van der Waals surface area (Å²) >= 11 is 0. The first kappa shape index (κ1) is 13.9. The second kappa shape index (κ2) is 5.64. The molecule has 0 radical (unpaired) electrons. The van der Waals surface area contributed by atoms with E-state index in [9.17, 15) is 18.0 Å². The fraction of sp³-hybridized carbons (Fsp3) is 0.0714. The highest BCUT2D eigenvalue weighted by molar-refractivity contribution is 6.05. The molecule has 0 atom stereocenters. The highest BCUT2D eigenvalue weighted by atomic mass is 19.1. The van der Waals surface area contributed by atoms with Gasteiger partial charge in [0, 0.05) is 6.07 Å². The average Bonchev–Trinajstić information content (AvgIpc) is 2.43. The van der Waals surface area contributed by atoms with Gasteiger partial charge in [-0.2, -0.15) is 0 Å². The van der Waals surface area contributed by atoms with Crippen LogP contribution in [-0.4, -0.2) is 13.0 Å². The monoisotopic (exact) mass is 281 g/mol. The van der Waals surface area contributed by atoms with Crippen LogP contribution >= 0.6 is 0 Å². The highest BCUT2D eigenvalue weighted by Gasteiger charge is 2.15. The molecule has 0 unspecified atom stereocenters. The predicted octanol–water partition coefficient (Wildman–Crippen LogP) is 3.36. The van der Waals surface area contributed by atoms with Crippen molar-refractivity contribution >= 4 is 11.6 Å². The lowest BCUT2D eigenvalue weighted by atomic mass is 10.2. The Hall–Kier alpha value is -2.50. The lowest BCUT2D eigenvalue weighted by molar-refractivity contribution is 0.102. The number of hydrogen-bond donors (Lipinski definition) is 1. The van der Waals surface area contributed by atoms with Crippen molar-refractivity contribution in [2.75, 3.05) is 12.4 Å². The number of hydrogen-bond acceptors (Lipinski definition) is 2. The zero-order valence-electron chi connectivity index (χ0n) is 10.4. The van der Waals surface area contributed by atoms with E-state index >= 15 is 0 Å². The number of methoxy groups -OCH3 is 1. The quantitative estimate of drug-likeness (QED) is 0.936. The Morgan fingerprint density at radius 1 is 1.05 bits per heavy atom. The van der Waals surface area contributed by atoms with E-state index in [1.807, 2.05) is 0 Å². The van der Waals surface area contributed by atoms with Gasteiger partial charge in [0.2, 0.25) is 0 Å². The van der Waals surface area contributed by atoms with Crippen molar-refractivity contribution in [2.45, 2.75) is 0 Å². The van der Waals surface area contributed by atoms with Gasteiger partial charge in [0.1, 0.15) is 23.2 Å². The zero-order chi connectivity index (χ0) is 14.7. The minimum absolute atomic E-state index is 0.0789. The SMILES string of the molecule is COc1cc(F)ccc1NC(=O)c1cc(F)ccc1F. The molecule has 20 heavy (non-hydrogen) atoms. The number of nitrogens with one attached hydrogen (secondary N) is 1. The van der Waals surface area contributed by atoms with Crippen LogP contribution in [0.4, 0.5) is 18.9 Å². The molecular formula is C14H10F3NO2. The van der Waals surface area contributed by atoms with E-state index < -0.39 is 28.9 Å². The molecule has 0 saturated heterocycles. The molecule has 1 amide bonds. The summed E-state index contributed by atoms with van der Waals surface area (Å²) in [6.07, 6.45) is 0. The fourth-order valence-electron chi connectivity index (χ4n) is 1.63. The first-order chi connectivity index (χ1) is 9.51. The summed E-state index contributed by atoms with van der Waals surface area (Å²) in [5, 5.41) is 2.34. The van der Waals surface area contributed by atoms with Crippen LogP contribution in [0.2, 0.25) is 0 Å². The third-order valence-electron chi connectivity index (χ3n) is 2.58. The smallest absolute Gasteiger partial charge is 0.258 e. The number of benzene rings is 2. The van der Waals surface area contributed by atoms with Gasteiger partial charge in [-0.05, 0) is 30.3 Å². The van der Waals surface area contributed by atoms with Crippen LogP contribution in [0, 0.1) is 17.5 Å². The van der Waals surface area contributed by atoms with Gasteiger partial charge in [0.25, 0.3) is 5.91 Å². The lowest BCUT2D eigenvalue weighted by Crippen LogP contribution is -2.14. The molecule has 0 saturated carbocycles. The molecule has 2 rings (SSSR count). The van der Waals surface area contributed by atoms with Crippen molar-refractivity contribution in [1.82, 2.24) is 0 Å². The molecule has 2 aromatic rings. The van der Waals surface area contributed by atoms with Gasteiger partial charge in [0.15, 0.2) is 0 Å². The van der Waals surface area contributed by atoms with E-state index in [0.29, 0.717) is 0 Å². The molecule has 3 nitrogen and oxygen atoms in total. The van der Waals surface area contributed by atoms with Gasteiger partial charge in [-0.25, -0.2) is 13.2 Å². The van der Waals surface area contributed by atoms with Crippen LogP contribution in [-0.2, 0) is 0 Å². The summed E-state index contributed by atoms with van der Waals surface area (Å²) in [6, 6.07) is 5.98. The summed E-state index contributed by atoms with van der Waals surface area (Å²) < 4.78 is 44.4. The summed E-state index contributed by atoms with van der Waals surface area (Å²) in [6.45, 7) is 0. The van der Waals surface area contributed by atoms with Crippen molar-refractivity contribution in [3.8, 4) is 5.75 Å². The average molecular weight is 281 g/mol. The molecule has 0 bridgehead atoms. The molecule has 0 aromatic heterocycles. The lowest BCUT2D eigenvalue weighted by Gasteiger charge is -2.10. The van der Waals surface area contributed by atoms with Gasteiger partial charge in [0.05, 0.1) is 18.4 Å². The summed E-state index contributed by atoms with van der Waals surface area (Å²) in [7, 11) is 1.30. The van der Waals surface area contributed by atoms with Gasteiger partial charge in [-0.3, -0.25) is 4.79 Å². The number of halogens is 3. The van der Waals surface area contributed by atoms with Crippen molar-refractivity contribution in [1.29, 1.82) is 0 Å². The summed E-state index contributed by atoms with van der Waals surface area (Å²) in [5.41, 5.74) is -0.293. The third kappa shape index (κ3) is 2.90. The van der Waals surface area contributed by atoms with Crippen LogP contribution in [0.15, 0.2) is 36.4 Å². The minimum Gasteiger partial charge on any atom is -0.494 e. The minimum atomic E-state index is -0.857. The molecule has 6 heteroatoms. The van der Waals surface area contributed by atoms with E-state index in [1.165, 1.54) is 13.2 Å². The van der Waals surface area contributed by atoms with E-state index in [1.54, 1.807) is 0 Å². The zero-order valence-corrected chi connectivity index (χ0v) is 10.4. The Morgan fingerprint density at radius 3 is 2.40 bits per heavy atom. The van der Waals surface area contributed by atoms with Crippen molar-refractivity contribution in [3.05, 3.63) is 59.4 Å². The van der Waals surface area contributed by atoms with Crippen LogP contribution in [0.1, 0.15) is 10.4 Å². The van der Waals surface area contributed by atoms with E-state index in [4.69, 9.17) is 4.74 Å². The third-order valence-corrected chi connectivity index (χ3v) is 2.58. The molecule has 0 fully saturated rings. The first-order valence-corrected chi connectivity index (χ1v) is 5.61. The van der Waals surface area contributed by atoms with Crippen molar-refractivity contribution < 1.29 is 22.7 Å². The molecular weight excluding hydrogens is 271 g/mol. The topological polar surface area (TPSA) is 38.3 Å². The number of carbonyl (C=O) groups excluding carboxylic acids is 1. The summed E-state index contributed by atoms with van der Waals surface area (Å²) in [5.74, 6) is -2.91. The van der Waals surface area contributed by atoms with Gasteiger partial charge < -0.3 is 10.1 Å². The maximum absolute atomic E-state index is 13.5. The molecule has 1 N–H and O–H groups in total. The Bertz CT molecular complexity index is 659. The summed E-state index contributed by atoms with van der Waals surface area (Å²) in [4.78, 5) is 11.9. The van der Waals surface area contributed by atoms with E-state index in [-0.39, 0.29) is 11.4 Å². The number of ether oxygens (including phenoxy) is 1.